The van der Waals surface area contributed by atoms with E-state index in [2.05, 4.69) is 26.7 Å². The maximum absolute atomic E-state index is 9.54. The maximum atomic E-state index is 9.54. The van der Waals surface area contributed by atoms with Gasteiger partial charge in [0, 0.05) is 31.0 Å². The molecule has 172 valence electrons. The van der Waals surface area contributed by atoms with Gasteiger partial charge in [0.05, 0.1) is 29.4 Å². The molecule has 1 aliphatic rings. The van der Waals surface area contributed by atoms with Crippen LogP contribution in [0.2, 0.25) is 0 Å². The minimum Gasteiger partial charge on any atom is -0.495 e. The van der Waals surface area contributed by atoms with Crippen LogP contribution in [-0.2, 0) is 0 Å². The number of hydrogen-bond acceptors (Lipinski definition) is 9. The summed E-state index contributed by atoms with van der Waals surface area (Å²) in [6, 6.07) is 8.09. The lowest BCUT2D eigenvalue weighted by Gasteiger charge is -2.24. The Balaban J connectivity index is 1.68. The largest absolute Gasteiger partial charge is 0.495 e. The molecule has 0 aliphatic heterocycles. The first-order chi connectivity index (χ1) is 16.0. The molecule has 1 fully saturated rings. The Bertz CT molecular complexity index is 1200. The number of hydrazine groups is 1. The summed E-state index contributed by atoms with van der Waals surface area (Å²) >= 11 is 0. The molecule has 0 bridgehead atoms. The zero-order valence-corrected chi connectivity index (χ0v) is 18.9. The Morgan fingerprint density at radius 1 is 1.30 bits per heavy atom. The molecule has 0 saturated heterocycles. The average molecular weight is 448 g/mol. The van der Waals surface area contributed by atoms with Crippen molar-refractivity contribution in [3.63, 3.8) is 0 Å². The smallest absolute Gasteiger partial charge is 0.231 e. The van der Waals surface area contributed by atoms with Crippen molar-refractivity contribution in [3.8, 4) is 11.8 Å². The number of H-pyrrole nitrogens is 1. The zero-order chi connectivity index (χ0) is 23.4. The molecule has 2 heterocycles. The van der Waals surface area contributed by atoms with Crippen LogP contribution in [0.3, 0.4) is 0 Å². The highest BCUT2D eigenvalue weighted by atomic mass is 16.5. The van der Waals surface area contributed by atoms with E-state index in [9.17, 15) is 5.26 Å². The summed E-state index contributed by atoms with van der Waals surface area (Å²) in [5, 5.41) is 18.4. The number of anilines is 3. The van der Waals surface area contributed by atoms with Crippen LogP contribution in [0.1, 0.15) is 43.2 Å². The minimum absolute atomic E-state index is 0.329. The Kier molecular flexibility index (Phi) is 6.51. The van der Waals surface area contributed by atoms with Gasteiger partial charge < -0.3 is 31.1 Å². The SMILES string of the molecule is COc1cc(/C(N)=C/N(C)N)ccc1Nc1nc(NC2CCCCC2)c2c(C#N)c[nH]c2n1. The number of nitrogens with zero attached hydrogens (tertiary/aromatic N) is 4. The van der Waals surface area contributed by atoms with Gasteiger partial charge in [0.1, 0.15) is 23.3 Å². The summed E-state index contributed by atoms with van der Waals surface area (Å²) in [5.74, 6) is 7.29. The van der Waals surface area contributed by atoms with E-state index in [1.165, 1.54) is 24.3 Å². The number of nitriles is 1. The van der Waals surface area contributed by atoms with Gasteiger partial charge >= 0.3 is 0 Å². The van der Waals surface area contributed by atoms with Crippen molar-refractivity contribution >= 4 is 34.2 Å². The molecule has 0 unspecified atom stereocenters. The van der Waals surface area contributed by atoms with E-state index in [1.807, 2.05) is 18.2 Å². The lowest BCUT2D eigenvalue weighted by atomic mass is 9.95. The van der Waals surface area contributed by atoms with Crippen molar-refractivity contribution < 1.29 is 4.74 Å². The number of rotatable bonds is 7. The Morgan fingerprint density at radius 3 is 2.79 bits per heavy atom. The first-order valence-corrected chi connectivity index (χ1v) is 10.9. The highest BCUT2D eigenvalue weighted by molar-refractivity contribution is 5.93. The molecule has 10 heteroatoms. The normalized spacial score (nSPS) is 14.7. The van der Waals surface area contributed by atoms with Crippen molar-refractivity contribution in [2.24, 2.45) is 11.6 Å². The molecule has 3 aromatic rings. The van der Waals surface area contributed by atoms with Gasteiger partial charge in [-0.05, 0) is 25.0 Å². The molecule has 2 aromatic heterocycles. The summed E-state index contributed by atoms with van der Waals surface area (Å²) in [7, 11) is 3.29. The number of ether oxygens (including phenoxy) is 1. The molecule has 0 atom stereocenters. The molecule has 1 aromatic carbocycles. The fourth-order valence-electron chi connectivity index (χ4n) is 4.11. The van der Waals surface area contributed by atoms with Crippen molar-refractivity contribution in [2.75, 3.05) is 24.8 Å². The molecule has 33 heavy (non-hydrogen) atoms. The second-order valence-electron chi connectivity index (χ2n) is 8.20. The molecule has 0 amide bonds. The number of aromatic nitrogens is 3. The van der Waals surface area contributed by atoms with Gasteiger partial charge in [-0.15, -0.1) is 0 Å². The molecular weight excluding hydrogens is 418 g/mol. The van der Waals surface area contributed by atoms with Gasteiger partial charge in [-0.25, -0.2) is 5.84 Å². The van der Waals surface area contributed by atoms with Gasteiger partial charge in [-0.3, -0.25) is 0 Å². The third-order valence-electron chi connectivity index (χ3n) is 5.72. The highest BCUT2D eigenvalue weighted by Gasteiger charge is 2.19. The summed E-state index contributed by atoms with van der Waals surface area (Å²) in [6.45, 7) is 0. The quantitative estimate of drug-likeness (QED) is 0.271. The van der Waals surface area contributed by atoms with Crippen LogP contribution >= 0.6 is 0 Å². The van der Waals surface area contributed by atoms with Crippen molar-refractivity contribution in [1.82, 2.24) is 20.0 Å². The van der Waals surface area contributed by atoms with Crippen LogP contribution in [0.4, 0.5) is 17.5 Å². The summed E-state index contributed by atoms with van der Waals surface area (Å²) in [6.07, 6.45) is 9.10. The van der Waals surface area contributed by atoms with Crippen LogP contribution in [0.25, 0.3) is 16.7 Å². The lowest BCUT2D eigenvalue weighted by Crippen LogP contribution is -2.23. The number of nitrogens with two attached hydrogens (primary N) is 2. The highest BCUT2D eigenvalue weighted by Crippen LogP contribution is 2.32. The number of hydrogen-bond donors (Lipinski definition) is 5. The number of methoxy groups -OCH3 is 1. The molecular formula is C23H29N9O. The monoisotopic (exact) mass is 447 g/mol. The average Bonchev–Trinajstić information content (AvgIpc) is 3.23. The Hall–Kier alpha value is -3.97. The first kappa shape index (κ1) is 22.2. The molecule has 1 saturated carbocycles. The van der Waals surface area contributed by atoms with Gasteiger partial charge in [0.2, 0.25) is 5.95 Å². The van der Waals surface area contributed by atoms with Crippen LogP contribution in [-0.4, -0.2) is 40.2 Å². The fourth-order valence-corrected chi connectivity index (χ4v) is 4.11. The third kappa shape index (κ3) is 4.94. The molecule has 4 rings (SSSR count). The maximum Gasteiger partial charge on any atom is 0.231 e. The zero-order valence-electron chi connectivity index (χ0n) is 18.9. The van der Waals surface area contributed by atoms with E-state index in [0.29, 0.717) is 51.5 Å². The first-order valence-electron chi connectivity index (χ1n) is 10.9. The number of benzene rings is 1. The fraction of sp³-hybridized carbons (Fsp3) is 0.348. The second-order valence-corrected chi connectivity index (χ2v) is 8.20. The number of fused-ring (bicyclic) bond motifs is 1. The molecule has 0 spiro atoms. The van der Waals surface area contributed by atoms with Crippen molar-refractivity contribution in [3.05, 3.63) is 41.7 Å². The van der Waals surface area contributed by atoms with Gasteiger partial charge in [0.15, 0.2) is 0 Å². The summed E-state index contributed by atoms with van der Waals surface area (Å²) in [4.78, 5) is 12.4. The number of aromatic amines is 1. The summed E-state index contributed by atoms with van der Waals surface area (Å²) < 4.78 is 5.56. The van der Waals surface area contributed by atoms with Crippen molar-refractivity contribution in [1.29, 1.82) is 5.26 Å². The molecule has 7 N–H and O–H groups in total. The standard InChI is InChI=1S/C23H29N9O/c1-32(26)13-17(25)14-8-9-18(19(10-14)33-2)29-23-30-21-20(15(11-24)12-27-21)22(31-23)28-16-6-4-3-5-7-16/h8-10,12-13,16H,3-7,25-26H2,1-2H3,(H3,27,28,29,30,31)/b17-13-. The number of nitrogens with one attached hydrogen (secondary N) is 3. The predicted octanol–water partition coefficient (Wildman–Crippen LogP) is 3.39. The molecule has 1 aliphatic carbocycles. The summed E-state index contributed by atoms with van der Waals surface area (Å²) in [5.41, 5.74) is 9.19. The van der Waals surface area contributed by atoms with E-state index in [1.54, 1.807) is 26.6 Å². The van der Waals surface area contributed by atoms with Gasteiger partial charge in [0.25, 0.3) is 0 Å². The molecule has 0 radical (unpaired) electrons. The van der Waals surface area contributed by atoms with Gasteiger partial charge in [-0.2, -0.15) is 15.2 Å². The minimum atomic E-state index is 0.329. The van der Waals surface area contributed by atoms with Crippen LogP contribution in [0.15, 0.2) is 30.6 Å². The predicted molar refractivity (Wildman–Crippen MR) is 129 cm³/mol. The van der Waals surface area contributed by atoms with E-state index in [-0.39, 0.29) is 0 Å². The van der Waals surface area contributed by atoms with E-state index < -0.39 is 0 Å². The Morgan fingerprint density at radius 2 is 2.09 bits per heavy atom. The lowest BCUT2D eigenvalue weighted by molar-refractivity contribution is 0.416. The van der Waals surface area contributed by atoms with Crippen LogP contribution in [0, 0.1) is 11.3 Å². The van der Waals surface area contributed by atoms with E-state index >= 15 is 0 Å². The Labute approximate surface area is 192 Å². The third-order valence-corrected chi connectivity index (χ3v) is 5.72. The molecule has 10 nitrogen and oxygen atoms in total. The van der Waals surface area contributed by atoms with Crippen molar-refractivity contribution in [2.45, 2.75) is 38.1 Å². The van der Waals surface area contributed by atoms with Crippen LogP contribution in [0.5, 0.6) is 5.75 Å². The topological polar surface area (TPSA) is 154 Å². The van der Waals surface area contributed by atoms with E-state index in [4.69, 9.17) is 21.3 Å². The van der Waals surface area contributed by atoms with Crippen LogP contribution < -0.4 is 26.9 Å². The van der Waals surface area contributed by atoms with Gasteiger partial charge in [-0.1, -0.05) is 25.3 Å². The second kappa shape index (κ2) is 9.67. The van der Waals surface area contributed by atoms with E-state index in [0.717, 1.165) is 18.4 Å².